The van der Waals surface area contributed by atoms with Gasteiger partial charge in [-0.25, -0.2) is 0 Å². The highest BCUT2D eigenvalue weighted by Crippen LogP contribution is 2.54. The monoisotopic (exact) mass is 439 g/mol. The van der Waals surface area contributed by atoms with Gasteiger partial charge in [0.25, 0.3) is 0 Å². The van der Waals surface area contributed by atoms with Crippen molar-refractivity contribution in [2.24, 2.45) is 0 Å². The molecule has 164 valence electrons. The molecule has 0 saturated carbocycles. The average molecular weight is 439 g/mol. The summed E-state index contributed by atoms with van der Waals surface area (Å²) in [6, 6.07) is 17.5. The number of ether oxygens (including phenoxy) is 3. The van der Waals surface area contributed by atoms with E-state index in [-0.39, 0.29) is 12.1 Å². The molecule has 0 bridgehead atoms. The van der Waals surface area contributed by atoms with Gasteiger partial charge in [0.2, 0.25) is 0 Å². The normalized spacial score (nSPS) is 20.8. The van der Waals surface area contributed by atoms with E-state index in [2.05, 4.69) is 0 Å². The van der Waals surface area contributed by atoms with Gasteiger partial charge >= 0.3 is 6.18 Å². The van der Waals surface area contributed by atoms with Crippen LogP contribution in [0.1, 0.15) is 22.3 Å². The van der Waals surface area contributed by atoms with Gasteiger partial charge in [0, 0.05) is 30.4 Å². The zero-order valence-corrected chi connectivity index (χ0v) is 17.1. The van der Waals surface area contributed by atoms with Gasteiger partial charge < -0.3 is 19.1 Å². The van der Waals surface area contributed by atoms with Gasteiger partial charge in [0.1, 0.15) is 25.6 Å². The topological polar surface area (TPSA) is 30.9 Å². The van der Waals surface area contributed by atoms with Gasteiger partial charge in [-0.3, -0.25) is 0 Å². The molecule has 1 spiro atoms. The van der Waals surface area contributed by atoms with Gasteiger partial charge in [0.15, 0.2) is 11.5 Å². The van der Waals surface area contributed by atoms with E-state index in [0.29, 0.717) is 37.9 Å². The van der Waals surface area contributed by atoms with E-state index < -0.39 is 17.2 Å². The fraction of sp³-hybridized carbons (Fsp3) is 0.280. The van der Waals surface area contributed by atoms with E-state index in [1.54, 1.807) is 12.1 Å². The molecule has 0 amide bonds. The SMILES string of the molecule is FC(F)(F)c1ccccc1CN1C[C@@]2(COc3cc4c(cc32)OCCO4)c2ccccc21. The summed E-state index contributed by atoms with van der Waals surface area (Å²) in [5.74, 6) is 2.08. The molecule has 32 heavy (non-hydrogen) atoms. The Bertz CT molecular complexity index is 1210. The van der Waals surface area contributed by atoms with Crippen molar-refractivity contribution in [2.75, 3.05) is 31.3 Å². The Balaban J connectivity index is 1.43. The fourth-order valence-corrected chi connectivity index (χ4v) is 5.13. The number of hydrogen-bond acceptors (Lipinski definition) is 4. The molecule has 0 saturated heterocycles. The van der Waals surface area contributed by atoms with E-state index in [1.165, 1.54) is 6.07 Å². The molecule has 3 aliphatic heterocycles. The van der Waals surface area contributed by atoms with Crippen LogP contribution in [0, 0.1) is 0 Å². The second kappa shape index (κ2) is 6.82. The van der Waals surface area contributed by atoms with Crippen molar-refractivity contribution in [2.45, 2.75) is 18.1 Å². The fourth-order valence-electron chi connectivity index (χ4n) is 5.13. The number of benzene rings is 3. The molecule has 4 nitrogen and oxygen atoms in total. The Kier molecular flexibility index (Phi) is 4.12. The number of halogens is 3. The minimum Gasteiger partial charge on any atom is -0.492 e. The van der Waals surface area contributed by atoms with E-state index in [1.807, 2.05) is 41.3 Å². The summed E-state index contributed by atoms with van der Waals surface area (Å²) in [5, 5.41) is 0. The molecule has 0 aromatic heterocycles. The number of anilines is 1. The van der Waals surface area contributed by atoms with Crippen LogP contribution in [0.2, 0.25) is 0 Å². The van der Waals surface area contributed by atoms with Crippen LogP contribution < -0.4 is 19.1 Å². The van der Waals surface area contributed by atoms with E-state index in [4.69, 9.17) is 14.2 Å². The van der Waals surface area contributed by atoms with Crippen LogP contribution in [0.3, 0.4) is 0 Å². The average Bonchev–Trinajstić information content (AvgIpc) is 3.30. The summed E-state index contributed by atoms with van der Waals surface area (Å²) in [6.07, 6.45) is -4.40. The molecule has 1 atom stereocenters. The lowest BCUT2D eigenvalue weighted by atomic mass is 9.77. The largest absolute Gasteiger partial charge is 0.492 e. The van der Waals surface area contributed by atoms with Crippen molar-refractivity contribution in [1.29, 1.82) is 0 Å². The summed E-state index contributed by atoms with van der Waals surface area (Å²) in [6.45, 7) is 2.07. The summed E-state index contributed by atoms with van der Waals surface area (Å²) >= 11 is 0. The predicted molar refractivity (Wildman–Crippen MR) is 113 cm³/mol. The predicted octanol–water partition coefficient (Wildman–Crippen LogP) is 5.18. The highest BCUT2D eigenvalue weighted by molar-refractivity contribution is 5.71. The number of fused-ring (bicyclic) bond motifs is 5. The van der Waals surface area contributed by atoms with Crippen molar-refractivity contribution in [3.05, 3.63) is 82.9 Å². The van der Waals surface area contributed by atoms with Crippen LogP contribution in [-0.4, -0.2) is 26.4 Å². The number of para-hydroxylation sites is 1. The van der Waals surface area contributed by atoms with Crippen LogP contribution >= 0.6 is 0 Å². The number of nitrogens with zero attached hydrogens (tertiary/aromatic N) is 1. The highest BCUT2D eigenvalue weighted by atomic mass is 19.4. The number of rotatable bonds is 2. The third kappa shape index (κ3) is 2.83. The molecule has 3 aromatic carbocycles. The Hall–Kier alpha value is -3.35. The zero-order chi connectivity index (χ0) is 21.9. The van der Waals surface area contributed by atoms with Gasteiger partial charge in [-0.1, -0.05) is 36.4 Å². The summed E-state index contributed by atoms with van der Waals surface area (Å²) in [5.41, 5.74) is 2.15. The third-order valence-electron chi connectivity index (χ3n) is 6.54. The summed E-state index contributed by atoms with van der Waals surface area (Å²) < 4.78 is 58.4. The van der Waals surface area contributed by atoms with Gasteiger partial charge in [-0.05, 0) is 29.3 Å². The second-order valence-corrected chi connectivity index (χ2v) is 8.39. The van der Waals surface area contributed by atoms with Crippen molar-refractivity contribution in [3.8, 4) is 17.2 Å². The molecular formula is C25H20F3NO3. The first-order valence-corrected chi connectivity index (χ1v) is 10.5. The van der Waals surface area contributed by atoms with Gasteiger partial charge in [-0.15, -0.1) is 0 Å². The van der Waals surface area contributed by atoms with E-state index in [9.17, 15) is 13.2 Å². The van der Waals surface area contributed by atoms with Gasteiger partial charge in [0.05, 0.1) is 11.0 Å². The molecule has 6 rings (SSSR count). The Morgan fingerprint density at radius 2 is 1.53 bits per heavy atom. The lowest BCUT2D eigenvalue weighted by Crippen LogP contribution is -2.36. The van der Waals surface area contributed by atoms with Gasteiger partial charge in [-0.2, -0.15) is 13.2 Å². The lowest BCUT2D eigenvalue weighted by molar-refractivity contribution is -0.138. The van der Waals surface area contributed by atoms with Crippen molar-refractivity contribution in [1.82, 2.24) is 0 Å². The van der Waals surface area contributed by atoms with Crippen molar-refractivity contribution >= 4 is 5.69 Å². The Labute approximate surface area is 183 Å². The Morgan fingerprint density at radius 3 is 2.34 bits per heavy atom. The summed E-state index contributed by atoms with van der Waals surface area (Å²) in [4.78, 5) is 2.02. The molecule has 7 heteroatoms. The second-order valence-electron chi connectivity index (χ2n) is 8.39. The van der Waals surface area contributed by atoms with Crippen LogP contribution in [0.4, 0.5) is 18.9 Å². The maximum absolute atomic E-state index is 13.6. The molecule has 3 aliphatic rings. The van der Waals surface area contributed by atoms with Crippen LogP contribution in [0.25, 0.3) is 0 Å². The molecule has 0 fully saturated rings. The maximum atomic E-state index is 13.6. The summed E-state index contributed by atoms with van der Waals surface area (Å²) in [7, 11) is 0. The maximum Gasteiger partial charge on any atom is 0.416 e. The van der Waals surface area contributed by atoms with E-state index in [0.717, 1.165) is 28.6 Å². The quantitative estimate of drug-likeness (QED) is 0.551. The molecule has 0 aliphatic carbocycles. The smallest absolute Gasteiger partial charge is 0.416 e. The molecule has 0 N–H and O–H groups in total. The molecular weight excluding hydrogens is 419 g/mol. The van der Waals surface area contributed by atoms with Crippen LogP contribution in [-0.2, 0) is 18.1 Å². The third-order valence-corrected chi connectivity index (χ3v) is 6.54. The first-order chi connectivity index (χ1) is 15.5. The van der Waals surface area contributed by atoms with E-state index >= 15 is 0 Å². The first-order valence-electron chi connectivity index (χ1n) is 10.5. The molecule has 3 aromatic rings. The standard InChI is InChI=1S/C25H20F3NO3/c26-25(27,28)17-6-2-1-5-16(17)13-29-14-24(18-7-3-4-8-20(18)29)15-32-21-12-23-22(11-19(21)24)30-9-10-31-23/h1-8,11-12H,9-10,13-15H2/t24-/m1/s1. The van der Waals surface area contributed by atoms with Crippen molar-refractivity contribution < 1.29 is 27.4 Å². The minimum atomic E-state index is -4.40. The molecule has 3 heterocycles. The zero-order valence-electron chi connectivity index (χ0n) is 17.1. The Morgan fingerprint density at radius 1 is 0.812 bits per heavy atom. The van der Waals surface area contributed by atoms with Crippen LogP contribution in [0.5, 0.6) is 17.2 Å². The number of hydrogen-bond donors (Lipinski definition) is 0. The molecule has 0 radical (unpaired) electrons. The number of alkyl halides is 3. The first kappa shape index (κ1) is 19.3. The highest BCUT2D eigenvalue weighted by Gasteiger charge is 2.50. The lowest BCUT2D eigenvalue weighted by Gasteiger charge is -2.27. The minimum absolute atomic E-state index is 0.161. The van der Waals surface area contributed by atoms with Crippen LogP contribution in [0.15, 0.2) is 60.7 Å². The van der Waals surface area contributed by atoms with Crippen molar-refractivity contribution in [3.63, 3.8) is 0 Å². The molecule has 0 unspecified atom stereocenters.